The summed E-state index contributed by atoms with van der Waals surface area (Å²) in [6.07, 6.45) is 3.68. The SMILES string of the molecule is C/C=C/CC(=O)OCC(C)=O. The van der Waals surface area contributed by atoms with Gasteiger partial charge < -0.3 is 4.74 Å². The molecule has 62 valence electrons. The van der Waals surface area contributed by atoms with E-state index in [4.69, 9.17) is 0 Å². The highest BCUT2D eigenvalue weighted by atomic mass is 16.5. The zero-order chi connectivity index (χ0) is 8.69. The lowest BCUT2D eigenvalue weighted by Gasteiger charge is -1.97. The highest BCUT2D eigenvalue weighted by Crippen LogP contribution is 1.88. The number of ether oxygens (including phenoxy) is 1. The minimum absolute atomic E-state index is 0.115. The first-order valence-corrected chi connectivity index (χ1v) is 3.43. The number of esters is 1. The van der Waals surface area contributed by atoms with Crippen molar-refractivity contribution in [2.45, 2.75) is 20.3 Å². The number of Topliss-reactive ketones (excluding diaryl/α,β-unsaturated/α-hetero) is 1. The summed E-state index contributed by atoms with van der Waals surface area (Å²) in [5.41, 5.74) is 0. The number of hydrogen-bond acceptors (Lipinski definition) is 3. The summed E-state index contributed by atoms with van der Waals surface area (Å²) in [7, 11) is 0. The standard InChI is InChI=1S/C8H12O3/c1-3-4-5-8(10)11-6-7(2)9/h3-4H,5-6H2,1-2H3/b4-3+. The molecule has 0 aromatic carbocycles. The highest BCUT2D eigenvalue weighted by molar-refractivity contribution is 5.80. The van der Waals surface area contributed by atoms with Gasteiger partial charge in [0.2, 0.25) is 0 Å². The minimum atomic E-state index is -0.363. The first-order valence-electron chi connectivity index (χ1n) is 3.43. The van der Waals surface area contributed by atoms with Crippen LogP contribution < -0.4 is 0 Å². The van der Waals surface area contributed by atoms with E-state index in [1.54, 1.807) is 12.2 Å². The van der Waals surface area contributed by atoms with Gasteiger partial charge in [0, 0.05) is 0 Å². The molecule has 0 amide bonds. The van der Waals surface area contributed by atoms with Gasteiger partial charge in [0.1, 0.15) is 6.61 Å². The Hall–Kier alpha value is -1.12. The molecular weight excluding hydrogens is 144 g/mol. The van der Waals surface area contributed by atoms with Crippen molar-refractivity contribution in [3.05, 3.63) is 12.2 Å². The molecule has 0 unspecified atom stereocenters. The van der Waals surface area contributed by atoms with E-state index >= 15 is 0 Å². The summed E-state index contributed by atoms with van der Waals surface area (Å²) in [6, 6.07) is 0. The van der Waals surface area contributed by atoms with Crippen LogP contribution in [0.3, 0.4) is 0 Å². The van der Waals surface area contributed by atoms with Gasteiger partial charge in [-0.2, -0.15) is 0 Å². The second-order valence-corrected chi connectivity index (χ2v) is 2.14. The maximum Gasteiger partial charge on any atom is 0.310 e. The van der Waals surface area contributed by atoms with Crippen LogP contribution in [0.4, 0.5) is 0 Å². The van der Waals surface area contributed by atoms with Gasteiger partial charge in [0.15, 0.2) is 5.78 Å². The van der Waals surface area contributed by atoms with Gasteiger partial charge in [0.25, 0.3) is 0 Å². The summed E-state index contributed by atoms with van der Waals surface area (Å²) in [5.74, 6) is -0.503. The van der Waals surface area contributed by atoms with E-state index in [1.807, 2.05) is 6.92 Å². The zero-order valence-corrected chi connectivity index (χ0v) is 6.79. The number of carbonyl (C=O) groups is 2. The van der Waals surface area contributed by atoms with Crippen molar-refractivity contribution in [2.24, 2.45) is 0 Å². The van der Waals surface area contributed by atoms with Gasteiger partial charge in [-0.3, -0.25) is 9.59 Å². The smallest absolute Gasteiger partial charge is 0.310 e. The largest absolute Gasteiger partial charge is 0.457 e. The molecule has 0 aromatic rings. The Labute approximate surface area is 66.0 Å². The molecule has 3 heteroatoms. The van der Waals surface area contributed by atoms with Crippen molar-refractivity contribution in [3.63, 3.8) is 0 Å². The fraction of sp³-hybridized carbons (Fsp3) is 0.500. The second-order valence-electron chi connectivity index (χ2n) is 2.14. The number of ketones is 1. The van der Waals surface area contributed by atoms with Gasteiger partial charge in [-0.05, 0) is 13.8 Å². The van der Waals surface area contributed by atoms with Crippen molar-refractivity contribution in [2.75, 3.05) is 6.61 Å². The van der Waals surface area contributed by atoms with Crippen LogP contribution in [0.5, 0.6) is 0 Å². The molecule has 0 aliphatic carbocycles. The Kier molecular flexibility index (Phi) is 5.07. The average molecular weight is 156 g/mol. The van der Waals surface area contributed by atoms with E-state index in [9.17, 15) is 9.59 Å². The Morgan fingerprint density at radius 1 is 1.45 bits per heavy atom. The lowest BCUT2D eigenvalue weighted by molar-refractivity contribution is -0.146. The first kappa shape index (κ1) is 9.88. The molecular formula is C8H12O3. The molecule has 0 rings (SSSR count). The molecule has 0 spiro atoms. The molecule has 11 heavy (non-hydrogen) atoms. The summed E-state index contributed by atoms with van der Waals surface area (Å²) in [4.78, 5) is 21.0. The van der Waals surface area contributed by atoms with Crippen LogP contribution in [0.25, 0.3) is 0 Å². The maximum atomic E-state index is 10.7. The molecule has 0 saturated heterocycles. The predicted octanol–water partition coefficient (Wildman–Crippen LogP) is 1.08. The third kappa shape index (κ3) is 6.77. The molecule has 0 N–H and O–H groups in total. The molecule has 0 saturated carbocycles. The molecule has 3 nitrogen and oxygen atoms in total. The molecule has 0 bridgehead atoms. The van der Waals surface area contributed by atoms with Gasteiger partial charge in [-0.15, -0.1) is 0 Å². The summed E-state index contributed by atoms with van der Waals surface area (Å²) in [6.45, 7) is 3.08. The van der Waals surface area contributed by atoms with Crippen LogP contribution in [0.15, 0.2) is 12.2 Å². The quantitative estimate of drug-likeness (QED) is 0.452. The van der Waals surface area contributed by atoms with Crippen LogP contribution in [0.2, 0.25) is 0 Å². The van der Waals surface area contributed by atoms with Crippen molar-refractivity contribution in [1.29, 1.82) is 0 Å². The Bertz CT molecular complexity index is 170. The first-order chi connectivity index (χ1) is 5.16. The molecule has 0 aromatic heterocycles. The van der Waals surface area contributed by atoms with Crippen LogP contribution >= 0.6 is 0 Å². The van der Waals surface area contributed by atoms with Crippen molar-refractivity contribution < 1.29 is 14.3 Å². The Balaban J connectivity index is 3.45. The minimum Gasteiger partial charge on any atom is -0.457 e. The fourth-order valence-electron chi connectivity index (χ4n) is 0.455. The predicted molar refractivity (Wildman–Crippen MR) is 41.1 cm³/mol. The Morgan fingerprint density at radius 3 is 2.55 bits per heavy atom. The van der Waals surface area contributed by atoms with Gasteiger partial charge in [0.05, 0.1) is 6.42 Å². The zero-order valence-electron chi connectivity index (χ0n) is 6.79. The average Bonchev–Trinajstić information content (AvgIpc) is 1.97. The monoisotopic (exact) mass is 156 g/mol. The lowest BCUT2D eigenvalue weighted by atomic mass is 10.4. The summed E-state index contributed by atoms with van der Waals surface area (Å²) in [5, 5.41) is 0. The number of hydrogen-bond donors (Lipinski definition) is 0. The molecule has 0 atom stereocenters. The number of allylic oxidation sites excluding steroid dienone is 1. The van der Waals surface area contributed by atoms with Crippen LogP contribution in [0, 0.1) is 0 Å². The number of rotatable bonds is 4. The molecule has 0 fully saturated rings. The van der Waals surface area contributed by atoms with E-state index in [-0.39, 0.29) is 24.8 Å². The van der Waals surface area contributed by atoms with Crippen LogP contribution in [0.1, 0.15) is 20.3 Å². The summed E-state index contributed by atoms with van der Waals surface area (Å²) < 4.78 is 4.57. The maximum absolute atomic E-state index is 10.7. The van der Waals surface area contributed by atoms with E-state index in [2.05, 4.69) is 4.74 Å². The van der Waals surface area contributed by atoms with Gasteiger partial charge in [-0.25, -0.2) is 0 Å². The number of carbonyl (C=O) groups excluding carboxylic acids is 2. The molecule has 0 radical (unpaired) electrons. The van der Waals surface area contributed by atoms with E-state index < -0.39 is 0 Å². The van der Waals surface area contributed by atoms with E-state index in [0.29, 0.717) is 0 Å². The van der Waals surface area contributed by atoms with E-state index in [0.717, 1.165) is 0 Å². The Morgan fingerprint density at radius 2 is 2.09 bits per heavy atom. The normalized spacial score (nSPS) is 10.0. The molecule has 0 heterocycles. The third-order valence-electron chi connectivity index (χ3n) is 0.957. The van der Waals surface area contributed by atoms with E-state index in [1.165, 1.54) is 6.92 Å². The van der Waals surface area contributed by atoms with Crippen molar-refractivity contribution in [1.82, 2.24) is 0 Å². The van der Waals surface area contributed by atoms with Crippen molar-refractivity contribution >= 4 is 11.8 Å². The third-order valence-corrected chi connectivity index (χ3v) is 0.957. The van der Waals surface area contributed by atoms with Crippen molar-refractivity contribution in [3.8, 4) is 0 Å². The summed E-state index contributed by atoms with van der Waals surface area (Å²) >= 11 is 0. The fourth-order valence-corrected chi connectivity index (χ4v) is 0.455. The van der Waals surface area contributed by atoms with Gasteiger partial charge >= 0.3 is 5.97 Å². The topological polar surface area (TPSA) is 43.4 Å². The van der Waals surface area contributed by atoms with Crippen LogP contribution in [-0.2, 0) is 14.3 Å². The van der Waals surface area contributed by atoms with Crippen LogP contribution in [-0.4, -0.2) is 18.4 Å². The molecule has 0 aliphatic heterocycles. The molecule has 0 aliphatic rings. The second kappa shape index (κ2) is 5.65. The van der Waals surface area contributed by atoms with Gasteiger partial charge in [-0.1, -0.05) is 12.2 Å². The lowest BCUT2D eigenvalue weighted by Crippen LogP contribution is -2.09. The highest BCUT2D eigenvalue weighted by Gasteiger charge is 2.00.